The molecule has 1 amide bonds. The number of carbonyl (C=O) groups is 1. The van der Waals surface area contributed by atoms with Crippen LogP contribution in [0.4, 0.5) is 5.82 Å². The normalized spacial score (nSPS) is 9.31. The van der Waals surface area contributed by atoms with Crippen LogP contribution in [0.25, 0.3) is 0 Å². The van der Waals surface area contributed by atoms with E-state index in [1.54, 1.807) is 14.0 Å². The van der Waals surface area contributed by atoms with Crippen LogP contribution in [0.3, 0.4) is 0 Å². The van der Waals surface area contributed by atoms with Crippen LogP contribution in [-0.4, -0.2) is 15.7 Å². The highest BCUT2D eigenvalue weighted by atomic mass is 16.1. The average Bonchev–Trinajstić information content (AvgIpc) is 2.48. The van der Waals surface area contributed by atoms with E-state index in [9.17, 15) is 4.79 Å². The smallest absolute Gasteiger partial charge is 0.225 e. The van der Waals surface area contributed by atoms with Crippen LogP contribution in [0, 0.1) is 11.3 Å². The summed E-state index contributed by atoms with van der Waals surface area (Å²) < 4.78 is 1.46. The van der Waals surface area contributed by atoms with Gasteiger partial charge >= 0.3 is 0 Å². The standard InChI is InChI=1S/C8H10N4O/c1-3-7(13)11-8-6(4-9)5-10-12(8)2/h5H,3H2,1-2H3,(H,11,13). The van der Waals surface area contributed by atoms with Gasteiger partial charge in [0.25, 0.3) is 0 Å². The molecule has 1 N–H and O–H groups in total. The van der Waals surface area contributed by atoms with Crippen molar-refractivity contribution in [2.75, 3.05) is 5.32 Å². The largest absolute Gasteiger partial charge is 0.310 e. The molecular formula is C8H10N4O. The number of carbonyl (C=O) groups excluding carboxylic acids is 1. The minimum atomic E-state index is -0.125. The zero-order valence-corrected chi connectivity index (χ0v) is 7.53. The summed E-state index contributed by atoms with van der Waals surface area (Å²) in [7, 11) is 1.67. The molecule has 68 valence electrons. The van der Waals surface area contributed by atoms with Gasteiger partial charge in [-0.15, -0.1) is 0 Å². The Balaban J connectivity index is 2.93. The van der Waals surface area contributed by atoms with Crippen LogP contribution in [0.5, 0.6) is 0 Å². The predicted octanol–water partition coefficient (Wildman–Crippen LogP) is 0.640. The zero-order chi connectivity index (χ0) is 9.84. The molecule has 5 nitrogen and oxygen atoms in total. The third-order valence-electron chi connectivity index (χ3n) is 1.64. The van der Waals surface area contributed by atoms with Crippen molar-refractivity contribution >= 4 is 11.7 Å². The molecule has 0 aliphatic carbocycles. The first-order valence-corrected chi connectivity index (χ1v) is 3.91. The second-order valence-electron chi connectivity index (χ2n) is 2.54. The Bertz CT molecular complexity index is 361. The molecule has 0 aliphatic heterocycles. The molecule has 0 atom stereocenters. The molecule has 1 rings (SSSR count). The first-order valence-electron chi connectivity index (χ1n) is 3.91. The van der Waals surface area contributed by atoms with Gasteiger partial charge in [0.2, 0.25) is 5.91 Å². The summed E-state index contributed by atoms with van der Waals surface area (Å²) in [5.41, 5.74) is 0.379. The molecule has 0 spiro atoms. The van der Waals surface area contributed by atoms with Crippen LogP contribution in [0.2, 0.25) is 0 Å². The number of nitrogens with one attached hydrogen (secondary N) is 1. The van der Waals surface area contributed by atoms with Gasteiger partial charge in [0.1, 0.15) is 17.5 Å². The fourth-order valence-corrected chi connectivity index (χ4v) is 0.888. The molecule has 0 radical (unpaired) electrons. The number of hydrogen-bond donors (Lipinski definition) is 1. The second kappa shape index (κ2) is 3.72. The molecule has 0 aliphatic rings. The van der Waals surface area contributed by atoms with Gasteiger partial charge in [-0.1, -0.05) is 6.92 Å². The minimum absolute atomic E-state index is 0.125. The Kier molecular flexibility index (Phi) is 2.65. The first kappa shape index (κ1) is 9.26. The number of aryl methyl sites for hydroxylation is 1. The lowest BCUT2D eigenvalue weighted by Gasteiger charge is -2.03. The van der Waals surface area contributed by atoms with Gasteiger partial charge < -0.3 is 5.32 Å². The second-order valence-corrected chi connectivity index (χ2v) is 2.54. The Morgan fingerprint density at radius 3 is 3.08 bits per heavy atom. The van der Waals surface area contributed by atoms with Crippen molar-refractivity contribution in [1.29, 1.82) is 5.26 Å². The van der Waals surface area contributed by atoms with Gasteiger partial charge in [0.15, 0.2) is 0 Å². The van der Waals surface area contributed by atoms with Crippen molar-refractivity contribution in [2.45, 2.75) is 13.3 Å². The fourth-order valence-electron chi connectivity index (χ4n) is 0.888. The van der Waals surface area contributed by atoms with Crippen molar-refractivity contribution in [1.82, 2.24) is 9.78 Å². The average molecular weight is 178 g/mol. The molecule has 1 heterocycles. The molecule has 0 fully saturated rings. The summed E-state index contributed by atoms with van der Waals surface area (Å²) in [6, 6.07) is 1.95. The van der Waals surface area contributed by atoms with Crippen LogP contribution >= 0.6 is 0 Å². The third kappa shape index (κ3) is 1.85. The summed E-state index contributed by atoms with van der Waals surface area (Å²) in [6.45, 7) is 1.75. The highest BCUT2D eigenvalue weighted by Crippen LogP contribution is 2.12. The van der Waals surface area contributed by atoms with E-state index in [1.165, 1.54) is 10.9 Å². The van der Waals surface area contributed by atoms with Crippen molar-refractivity contribution in [3.8, 4) is 6.07 Å². The maximum Gasteiger partial charge on any atom is 0.225 e. The van der Waals surface area contributed by atoms with Crippen LogP contribution < -0.4 is 5.32 Å². The van der Waals surface area contributed by atoms with E-state index in [0.29, 0.717) is 17.8 Å². The van der Waals surface area contributed by atoms with Crippen molar-refractivity contribution < 1.29 is 4.79 Å². The fraction of sp³-hybridized carbons (Fsp3) is 0.375. The quantitative estimate of drug-likeness (QED) is 0.722. The highest BCUT2D eigenvalue weighted by Gasteiger charge is 2.09. The lowest BCUT2D eigenvalue weighted by atomic mass is 10.3. The maximum atomic E-state index is 11.0. The maximum absolute atomic E-state index is 11.0. The summed E-state index contributed by atoms with van der Waals surface area (Å²) in [5.74, 6) is 0.328. The van der Waals surface area contributed by atoms with Crippen molar-refractivity contribution in [3.05, 3.63) is 11.8 Å². The van der Waals surface area contributed by atoms with E-state index in [2.05, 4.69) is 10.4 Å². The van der Waals surface area contributed by atoms with Gasteiger partial charge in [-0.2, -0.15) is 10.4 Å². The van der Waals surface area contributed by atoms with Crippen LogP contribution in [0.1, 0.15) is 18.9 Å². The number of rotatable bonds is 2. The van der Waals surface area contributed by atoms with E-state index in [1.807, 2.05) is 6.07 Å². The van der Waals surface area contributed by atoms with E-state index >= 15 is 0 Å². The van der Waals surface area contributed by atoms with Crippen LogP contribution in [-0.2, 0) is 11.8 Å². The van der Waals surface area contributed by atoms with Gasteiger partial charge in [0, 0.05) is 13.5 Å². The van der Waals surface area contributed by atoms with E-state index in [-0.39, 0.29) is 5.91 Å². The number of amides is 1. The summed E-state index contributed by atoms with van der Waals surface area (Å²) >= 11 is 0. The lowest BCUT2D eigenvalue weighted by molar-refractivity contribution is -0.115. The molecule has 0 aromatic carbocycles. The lowest BCUT2D eigenvalue weighted by Crippen LogP contribution is -2.13. The predicted molar refractivity (Wildman–Crippen MR) is 46.8 cm³/mol. The monoisotopic (exact) mass is 178 g/mol. The zero-order valence-electron chi connectivity index (χ0n) is 7.53. The molecule has 0 saturated heterocycles. The van der Waals surface area contributed by atoms with Gasteiger partial charge in [0.05, 0.1) is 6.20 Å². The van der Waals surface area contributed by atoms with Gasteiger partial charge in [-0.3, -0.25) is 9.48 Å². The SMILES string of the molecule is CCC(=O)Nc1c(C#N)cnn1C. The Labute approximate surface area is 76.0 Å². The number of hydrogen-bond acceptors (Lipinski definition) is 3. The first-order chi connectivity index (χ1) is 6.19. The molecule has 1 aromatic rings. The summed E-state index contributed by atoms with van der Waals surface area (Å²) in [4.78, 5) is 11.0. The molecule has 0 saturated carbocycles. The van der Waals surface area contributed by atoms with E-state index < -0.39 is 0 Å². The Morgan fingerprint density at radius 1 is 1.85 bits per heavy atom. The number of anilines is 1. The number of aromatic nitrogens is 2. The molecular weight excluding hydrogens is 168 g/mol. The summed E-state index contributed by atoms with van der Waals surface area (Å²) in [5, 5.41) is 15.1. The Morgan fingerprint density at radius 2 is 2.54 bits per heavy atom. The third-order valence-corrected chi connectivity index (χ3v) is 1.64. The van der Waals surface area contributed by atoms with Crippen molar-refractivity contribution in [3.63, 3.8) is 0 Å². The highest BCUT2D eigenvalue weighted by molar-refractivity contribution is 5.90. The molecule has 5 heteroatoms. The molecule has 1 aromatic heterocycles. The summed E-state index contributed by atoms with van der Waals surface area (Å²) in [6.07, 6.45) is 1.81. The number of nitrogens with zero attached hydrogens (tertiary/aromatic N) is 3. The van der Waals surface area contributed by atoms with Gasteiger partial charge in [-0.05, 0) is 0 Å². The topological polar surface area (TPSA) is 70.7 Å². The van der Waals surface area contributed by atoms with E-state index in [4.69, 9.17) is 5.26 Å². The molecule has 13 heavy (non-hydrogen) atoms. The Hall–Kier alpha value is -1.83. The van der Waals surface area contributed by atoms with E-state index in [0.717, 1.165) is 0 Å². The molecule has 0 bridgehead atoms. The number of nitriles is 1. The van der Waals surface area contributed by atoms with Gasteiger partial charge in [-0.25, -0.2) is 0 Å². The van der Waals surface area contributed by atoms with Crippen LogP contribution in [0.15, 0.2) is 6.20 Å². The minimum Gasteiger partial charge on any atom is -0.310 e. The van der Waals surface area contributed by atoms with Crippen molar-refractivity contribution in [2.24, 2.45) is 7.05 Å². The molecule has 0 unspecified atom stereocenters.